The molecule has 12 heteroatoms. The third-order valence-corrected chi connectivity index (χ3v) is 10.6. The van der Waals surface area contributed by atoms with E-state index >= 15 is 0 Å². The summed E-state index contributed by atoms with van der Waals surface area (Å²) in [6, 6.07) is 3.18. The Bertz CT molecular complexity index is 999. The second-order valence-electron chi connectivity index (χ2n) is 11.5. The first-order valence-corrected chi connectivity index (χ1v) is 15.3. The minimum absolute atomic E-state index is 0.0397. The fourth-order valence-corrected chi connectivity index (χ4v) is 7.21. The van der Waals surface area contributed by atoms with Gasteiger partial charge in [-0.2, -0.15) is 0 Å². The predicted molar refractivity (Wildman–Crippen MR) is 150 cm³/mol. The van der Waals surface area contributed by atoms with Gasteiger partial charge in [-0.15, -0.1) is 0 Å². The van der Waals surface area contributed by atoms with Gasteiger partial charge in [-0.1, -0.05) is 0 Å². The monoisotopic (exact) mass is 570 g/mol. The molecule has 39 heavy (non-hydrogen) atoms. The minimum atomic E-state index is -3.01. The van der Waals surface area contributed by atoms with Crippen LogP contribution in [0.1, 0.15) is 49.2 Å². The molecule has 11 nitrogen and oxygen atoms in total. The third kappa shape index (κ3) is 7.59. The first kappa shape index (κ1) is 32.0. The summed E-state index contributed by atoms with van der Waals surface area (Å²) in [5.41, 5.74) is 1.34. The second kappa shape index (κ2) is 13.4. The molecule has 0 aromatic heterocycles. The third-order valence-electron chi connectivity index (χ3n) is 7.55. The number of morpholine rings is 1. The molecule has 2 saturated heterocycles. The first-order chi connectivity index (χ1) is 18.3. The van der Waals surface area contributed by atoms with E-state index in [2.05, 4.69) is 32.6 Å². The van der Waals surface area contributed by atoms with Crippen LogP contribution in [0.3, 0.4) is 0 Å². The van der Waals surface area contributed by atoms with Crippen molar-refractivity contribution in [3.63, 3.8) is 0 Å². The van der Waals surface area contributed by atoms with Crippen LogP contribution >= 0.6 is 7.44 Å². The summed E-state index contributed by atoms with van der Waals surface area (Å²) in [6.07, 6.45) is 0.0967. The highest BCUT2D eigenvalue weighted by Crippen LogP contribution is 2.51. The molecule has 0 saturated carbocycles. The van der Waals surface area contributed by atoms with Crippen molar-refractivity contribution in [1.29, 1.82) is 0 Å². The Morgan fingerprint density at radius 1 is 1.13 bits per heavy atom. The first-order valence-electron chi connectivity index (χ1n) is 13.5. The Morgan fingerprint density at radius 2 is 1.79 bits per heavy atom. The van der Waals surface area contributed by atoms with E-state index in [-0.39, 0.29) is 43.2 Å². The zero-order valence-electron chi connectivity index (χ0n) is 24.6. The predicted octanol–water partition coefficient (Wildman–Crippen LogP) is 2.05. The van der Waals surface area contributed by atoms with Crippen molar-refractivity contribution in [3.05, 3.63) is 28.8 Å². The number of rotatable bonds is 10. The maximum Gasteiger partial charge on any atom is 0.254 e. The smallest absolute Gasteiger partial charge is 0.254 e. The largest absolute Gasteiger partial charge is 0.496 e. The number of methoxy groups -OCH3 is 1. The quantitative estimate of drug-likeness (QED) is 0.405. The van der Waals surface area contributed by atoms with E-state index in [0.717, 1.165) is 13.1 Å². The summed E-state index contributed by atoms with van der Waals surface area (Å²) in [5.74, 6) is 0.164. The highest BCUT2D eigenvalue weighted by molar-refractivity contribution is 7.58. The Kier molecular flexibility index (Phi) is 11.0. The van der Waals surface area contributed by atoms with E-state index in [1.165, 1.54) is 7.11 Å². The molecule has 0 bridgehead atoms. The van der Waals surface area contributed by atoms with Gasteiger partial charge in [0.15, 0.2) is 0 Å². The normalized spacial score (nSPS) is 23.2. The summed E-state index contributed by atoms with van der Waals surface area (Å²) in [6.45, 7) is 11.7. The van der Waals surface area contributed by atoms with Crippen LogP contribution in [0.25, 0.3) is 0 Å². The maximum absolute atomic E-state index is 14.1. The molecule has 3 atom stereocenters. The average Bonchev–Trinajstić information content (AvgIpc) is 2.90. The molecule has 2 fully saturated rings. The van der Waals surface area contributed by atoms with Gasteiger partial charge in [0.05, 0.1) is 39.1 Å². The molecule has 0 radical (unpaired) electrons. The van der Waals surface area contributed by atoms with Gasteiger partial charge in [0, 0.05) is 55.9 Å². The lowest BCUT2D eigenvalue weighted by Gasteiger charge is -2.44. The Hall–Kier alpha value is -1.56. The fraction of sp³-hybridized carbons (Fsp3) is 0.741. The molecule has 1 aromatic carbocycles. The van der Waals surface area contributed by atoms with Gasteiger partial charge in [-0.3, -0.25) is 14.3 Å². The molecule has 0 aliphatic carbocycles. The van der Waals surface area contributed by atoms with Gasteiger partial charge in [0.2, 0.25) is 7.44 Å². The van der Waals surface area contributed by atoms with Crippen LogP contribution in [-0.2, 0) is 27.3 Å². The van der Waals surface area contributed by atoms with E-state index in [0.29, 0.717) is 55.2 Å². The fourth-order valence-electron chi connectivity index (χ4n) is 5.16. The van der Waals surface area contributed by atoms with Crippen LogP contribution in [-0.4, -0.2) is 126 Å². The number of hydrogen-bond donors (Lipinski definition) is 2. The maximum atomic E-state index is 14.1. The average molecular weight is 571 g/mol. The Labute approximate surface area is 233 Å². The summed E-state index contributed by atoms with van der Waals surface area (Å²) in [7, 11) is 2.06. The number of piperazine rings is 1. The number of carbonyl (C=O) groups is 1. The van der Waals surface area contributed by atoms with E-state index in [1.807, 2.05) is 4.67 Å². The molecule has 2 heterocycles. The summed E-state index contributed by atoms with van der Waals surface area (Å²) in [5, 5.41) is 19.4. The number of carbonyl (C=O) groups excluding carboxylic acids is 1. The minimum Gasteiger partial charge on any atom is -0.496 e. The van der Waals surface area contributed by atoms with Crippen molar-refractivity contribution in [1.82, 2.24) is 19.1 Å². The van der Waals surface area contributed by atoms with Crippen molar-refractivity contribution in [3.8, 4) is 5.75 Å². The summed E-state index contributed by atoms with van der Waals surface area (Å²) < 4.78 is 35.2. The molecule has 3 unspecified atom stereocenters. The molecule has 1 amide bonds. The lowest BCUT2D eigenvalue weighted by atomic mass is 10.0. The SMILES string of the molecule is COc1cc(C(=O)N2CCN(P(=O)(COCC3CN(C(C)(C)C)CC(C)O3)N(C)C)CC2)cc(CO)c1CO. The molecule has 2 aliphatic rings. The topological polar surface area (TPSA) is 115 Å². The van der Waals surface area contributed by atoms with Gasteiger partial charge in [0.25, 0.3) is 5.91 Å². The van der Waals surface area contributed by atoms with Crippen molar-refractivity contribution < 1.29 is 33.8 Å². The lowest BCUT2D eigenvalue weighted by molar-refractivity contribution is -0.122. The Morgan fingerprint density at radius 3 is 2.33 bits per heavy atom. The molecular weight excluding hydrogens is 523 g/mol. The molecule has 2 N–H and O–H groups in total. The number of benzene rings is 1. The number of amides is 1. The summed E-state index contributed by atoms with van der Waals surface area (Å²) in [4.78, 5) is 17.4. The number of ether oxygens (including phenoxy) is 3. The van der Waals surface area contributed by atoms with E-state index < -0.39 is 7.44 Å². The van der Waals surface area contributed by atoms with Gasteiger partial charge >= 0.3 is 0 Å². The Balaban J connectivity index is 1.61. The molecule has 1 aromatic rings. The molecule has 222 valence electrons. The van der Waals surface area contributed by atoms with Crippen molar-refractivity contribution in [2.75, 3.05) is 73.4 Å². The molecular formula is C27H47N4O7P. The van der Waals surface area contributed by atoms with Crippen LogP contribution < -0.4 is 4.74 Å². The van der Waals surface area contributed by atoms with Gasteiger partial charge in [-0.25, -0.2) is 9.34 Å². The van der Waals surface area contributed by atoms with Crippen LogP contribution in [0.5, 0.6) is 5.75 Å². The van der Waals surface area contributed by atoms with Crippen LogP contribution in [0, 0.1) is 0 Å². The second-order valence-corrected chi connectivity index (χ2v) is 14.5. The highest BCUT2D eigenvalue weighted by Gasteiger charge is 2.38. The van der Waals surface area contributed by atoms with Crippen molar-refractivity contribution in [2.45, 2.75) is 58.7 Å². The van der Waals surface area contributed by atoms with Crippen LogP contribution in [0.15, 0.2) is 12.1 Å². The molecule has 3 rings (SSSR count). The zero-order valence-corrected chi connectivity index (χ0v) is 25.4. The van der Waals surface area contributed by atoms with E-state index in [4.69, 9.17) is 14.2 Å². The van der Waals surface area contributed by atoms with Gasteiger partial charge in [0.1, 0.15) is 12.1 Å². The van der Waals surface area contributed by atoms with Gasteiger partial charge < -0.3 is 29.3 Å². The lowest BCUT2D eigenvalue weighted by Crippen LogP contribution is -2.55. The number of nitrogens with zero attached hydrogens (tertiary/aromatic N) is 4. The van der Waals surface area contributed by atoms with E-state index in [1.54, 1.807) is 35.8 Å². The summed E-state index contributed by atoms with van der Waals surface area (Å²) >= 11 is 0. The van der Waals surface area contributed by atoms with Crippen molar-refractivity contribution >= 4 is 13.4 Å². The van der Waals surface area contributed by atoms with Gasteiger partial charge in [-0.05, 0) is 59.5 Å². The zero-order chi connectivity index (χ0) is 29.0. The highest BCUT2D eigenvalue weighted by atomic mass is 31.2. The van der Waals surface area contributed by atoms with Crippen LogP contribution in [0.4, 0.5) is 0 Å². The van der Waals surface area contributed by atoms with Crippen molar-refractivity contribution in [2.24, 2.45) is 0 Å². The van der Waals surface area contributed by atoms with E-state index in [9.17, 15) is 19.6 Å². The number of aliphatic hydroxyl groups is 2. The number of hydrogen-bond acceptors (Lipinski definition) is 8. The number of aliphatic hydroxyl groups excluding tert-OH is 2. The molecule has 2 aliphatic heterocycles. The molecule has 0 spiro atoms. The standard InChI is InChI=1S/C27H47N4O7P/c1-20-14-30(27(2,3)4)15-23(38-20)18-37-19-39(35,28(5)6)31-10-8-29(9-11-31)26(34)21-12-22(16-32)24(17-33)25(13-21)36-7/h12-13,20,23,32-33H,8-11,14-19H2,1-7H3. The van der Waals surface area contributed by atoms with Crippen LogP contribution in [0.2, 0.25) is 0 Å².